The zero-order valence-corrected chi connectivity index (χ0v) is 16.1. The SMILES string of the molecule is CC(C)(C)OC(=O)N1CCC(Nc2cccc(F)c2N2CCCC2)CC1. The predicted octanol–water partition coefficient (Wildman–Crippen LogP) is 4.24. The Morgan fingerprint density at radius 2 is 1.81 bits per heavy atom. The lowest BCUT2D eigenvalue weighted by Gasteiger charge is -2.34. The number of hydrogen-bond acceptors (Lipinski definition) is 4. The number of nitrogens with one attached hydrogen (secondary N) is 1. The lowest BCUT2D eigenvalue weighted by Crippen LogP contribution is -2.44. The van der Waals surface area contributed by atoms with E-state index < -0.39 is 5.60 Å². The number of anilines is 2. The minimum atomic E-state index is -0.474. The molecule has 0 spiro atoms. The van der Waals surface area contributed by atoms with Crippen LogP contribution in [0.3, 0.4) is 0 Å². The number of para-hydroxylation sites is 1. The number of likely N-dealkylation sites (tertiary alicyclic amines) is 1. The summed E-state index contributed by atoms with van der Waals surface area (Å²) in [6, 6.07) is 5.48. The van der Waals surface area contributed by atoms with Gasteiger partial charge in [0.1, 0.15) is 11.4 Å². The van der Waals surface area contributed by atoms with Crippen molar-refractivity contribution in [3.05, 3.63) is 24.0 Å². The molecule has 144 valence electrons. The Bertz CT molecular complexity index is 630. The summed E-state index contributed by atoms with van der Waals surface area (Å²) in [5.41, 5.74) is 1.08. The van der Waals surface area contributed by atoms with Crippen molar-refractivity contribution in [3.63, 3.8) is 0 Å². The van der Waals surface area contributed by atoms with E-state index >= 15 is 0 Å². The van der Waals surface area contributed by atoms with Crippen LogP contribution in [0.1, 0.15) is 46.5 Å². The van der Waals surface area contributed by atoms with Crippen molar-refractivity contribution in [2.24, 2.45) is 0 Å². The quantitative estimate of drug-likeness (QED) is 0.873. The monoisotopic (exact) mass is 363 g/mol. The summed E-state index contributed by atoms with van der Waals surface area (Å²) < 4.78 is 19.9. The lowest BCUT2D eigenvalue weighted by molar-refractivity contribution is 0.0210. The molecule has 1 N–H and O–H groups in total. The largest absolute Gasteiger partial charge is 0.444 e. The van der Waals surface area contributed by atoms with Crippen LogP contribution < -0.4 is 10.2 Å². The van der Waals surface area contributed by atoms with Gasteiger partial charge in [-0.1, -0.05) is 6.07 Å². The minimum Gasteiger partial charge on any atom is -0.444 e. The van der Waals surface area contributed by atoms with E-state index in [2.05, 4.69) is 10.2 Å². The Balaban J connectivity index is 1.60. The molecule has 0 radical (unpaired) electrons. The van der Waals surface area contributed by atoms with Gasteiger partial charge in [0.05, 0.1) is 11.4 Å². The fourth-order valence-corrected chi connectivity index (χ4v) is 3.65. The van der Waals surface area contributed by atoms with E-state index in [0.717, 1.165) is 44.5 Å². The second-order valence-corrected chi connectivity index (χ2v) is 8.22. The maximum absolute atomic E-state index is 14.4. The predicted molar refractivity (Wildman–Crippen MR) is 102 cm³/mol. The smallest absolute Gasteiger partial charge is 0.410 e. The minimum absolute atomic E-state index is 0.164. The average Bonchev–Trinajstić information content (AvgIpc) is 3.08. The Morgan fingerprint density at radius 1 is 1.15 bits per heavy atom. The Kier molecular flexibility index (Phi) is 5.58. The highest BCUT2D eigenvalue weighted by Crippen LogP contribution is 2.33. The molecule has 1 amide bonds. The molecule has 2 heterocycles. The Hall–Kier alpha value is -1.98. The van der Waals surface area contributed by atoms with E-state index in [1.165, 1.54) is 6.07 Å². The maximum Gasteiger partial charge on any atom is 0.410 e. The fourth-order valence-electron chi connectivity index (χ4n) is 3.65. The van der Waals surface area contributed by atoms with Gasteiger partial charge in [0, 0.05) is 32.2 Å². The molecule has 0 unspecified atom stereocenters. The third-order valence-electron chi connectivity index (χ3n) is 4.92. The first-order valence-corrected chi connectivity index (χ1v) is 9.61. The molecule has 26 heavy (non-hydrogen) atoms. The molecule has 2 aliphatic heterocycles. The van der Waals surface area contributed by atoms with Gasteiger partial charge in [0.25, 0.3) is 0 Å². The summed E-state index contributed by atoms with van der Waals surface area (Å²) in [4.78, 5) is 16.1. The molecule has 0 aromatic heterocycles. The van der Waals surface area contributed by atoms with Crippen LogP contribution in [0.5, 0.6) is 0 Å². The third kappa shape index (κ3) is 4.59. The highest BCUT2D eigenvalue weighted by atomic mass is 19.1. The van der Waals surface area contributed by atoms with Crippen LogP contribution in [0.25, 0.3) is 0 Å². The third-order valence-corrected chi connectivity index (χ3v) is 4.92. The molecule has 2 saturated heterocycles. The van der Waals surface area contributed by atoms with E-state index in [9.17, 15) is 9.18 Å². The maximum atomic E-state index is 14.4. The van der Waals surface area contributed by atoms with Crippen molar-refractivity contribution in [1.82, 2.24) is 4.90 Å². The van der Waals surface area contributed by atoms with Gasteiger partial charge in [-0.25, -0.2) is 9.18 Å². The van der Waals surface area contributed by atoms with Gasteiger partial charge >= 0.3 is 6.09 Å². The van der Waals surface area contributed by atoms with Crippen molar-refractivity contribution in [2.45, 2.75) is 58.1 Å². The number of nitrogens with zero attached hydrogens (tertiary/aromatic N) is 2. The number of piperidine rings is 1. The number of rotatable bonds is 3. The van der Waals surface area contributed by atoms with Gasteiger partial charge < -0.3 is 19.9 Å². The van der Waals surface area contributed by atoms with Crippen molar-refractivity contribution < 1.29 is 13.9 Å². The molecule has 2 fully saturated rings. The zero-order valence-electron chi connectivity index (χ0n) is 16.1. The van der Waals surface area contributed by atoms with E-state index in [0.29, 0.717) is 18.8 Å². The van der Waals surface area contributed by atoms with Crippen LogP contribution in [0.4, 0.5) is 20.6 Å². The molecular formula is C20H30FN3O2. The molecular weight excluding hydrogens is 333 g/mol. The van der Waals surface area contributed by atoms with E-state index in [-0.39, 0.29) is 18.0 Å². The van der Waals surface area contributed by atoms with Crippen LogP contribution in [-0.4, -0.2) is 48.8 Å². The van der Waals surface area contributed by atoms with Crippen LogP contribution in [0.2, 0.25) is 0 Å². The lowest BCUT2D eigenvalue weighted by atomic mass is 10.0. The first-order chi connectivity index (χ1) is 12.3. The average molecular weight is 363 g/mol. The number of hydrogen-bond donors (Lipinski definition) is 1. The molecule has 0 saturated carbocycles. The fraction of sp³-hybridized carbons (Fsp3) is 0.650. The van der Waals surface area contributed by atoms with Crippen LogP contribution in [0, 0.1) is 5.82 Å². The van der Waals surface area contributed by atoms with Crippen molar-refractivity contribution in [1.29, 1.82) is 0 Å². The number of carbonyl (C=O) groups is 1. The number of carbonyl (C=O) groups excluding carboxylic acids is 1. The molecule has 1 aromatic carbocycles. The molecule has 0 aliphatic carbocycles. The molecule has 2 aliphatic rings. The molecule has 0 bridgehead atoms. The molecule has 3 rings (SSSR count). The number of halogens is 1. The summed E-state index contributed by atoms with van der Waals surface area (Å²) in [7, 11) is 0. The summed E-state index contributed by atoms with van der Waals surface area (Å²) in [6.07, 6.45) is 3.63. The zero-order chi connectivity index (χ0) is 18.7. The summed E-state index contributed by atoms with van der Waals surface area (Å²) in [5.74, 6) is -0.164. The molecule has 0 atom stereocenters. The molecule has 1 aromatic rings. The second-order valence-electron chi connectivity index (χ2n) is 8.22. The summed E-state index contributed by atoms with van der Waals surface area (Å²) >= 11 is 0. The van der Waals surface area contributed by atoms with Crippen molar-refractivity contribution >= 4 is 17.5 Å². The Morgan fingerprint density at radius 3 is 2.42 bits per heavy atom. The summed E-state index contributed by atoms with van der Waals surface area (Å²) in [6.45, 7) is 8.76. The standard InChI is InChI=1S/C20H30FN3O2/c1-20(2,3)26-19(25)24-13-9-15(10-14-24)22-17-8-6-7-16(21)18(17)23-11-4-5-12-23/h6-8,15,22H,4-5,9-14H2,1-3H3. The first kappa shape index (κ1) is 18.8. The second kappa shape index (κ2) is 7.72. The topological polar surface area (TPSA) is 44.8 Å². The van der Waals surface area contributed by atoms with E-state index in [1.54, 1.807) is 11.0 Å². The van der Waals surface area contributed by atoms with E-state index in [4.69, 9.17) is 4.74 Å². The Labute approximate surface area is 155 Å². The van der Waals surface area contributed by atoms with Gasteiger partial charge in [-0.3, -0.25) is 0 Å². The number of amides is 1. The normalized spacial score (nSPS) is 18.9. The van der Waals surface area contributed by atoms with Crippen LogP contribution in [0.15, 0.2) is 18.2 Å². The van der Waals surface area contributed by atoms with Gasteiger partial charge in [0.2, 0.25) is 0 Å². The first-order valence-electron chi connectivity index (χ1n) is 9.61. The van der Waals surface area contributed by atoms with E-state index in [1.807, 2.05) is 26.8 Å². The van der Waals surface area contributed by atoms with Gasteiger partial charge in [-0.05, 0) is 58.6 Å². The van der Waals surface area contributed by atoms with Gasteiger partial charge in [0.15, 0.2) is 0 Å². The number of ether oxygens (including phenoxy) is 1. The van der Waals surface area contributed by atoms with Crippen molar-refractivity contribution in [3.8, 4) is 0 Å². The van der Waals surface area contributed by atoms with Gasteiger partial charge in [-0.15, -0.1) is 0 Å². The van der Waals surface area contributed by atoms with Crippen molar-refractivity contribution in [2.75, 3.05) is 36.4 Å². The molecule has 5 nitrogen and oxygen atoms in total. The molecule has 6 heteroatoms. The van der Waals surface area contributed by atoms with Crippen LogP contribution >= 0.6 is 0 Å². The number of benzene rings is 1. The highest BCUT2D eigenvalue weighted by Gasteiger charge is 2.28. The summed E-state index contributed by atoms with van der Waals surface area (Å²) in [5, 5.41) is 3.51. The highest BCUT2D eigenvalue weighted by molar-refractivity contribution is 5.72. The van der Waals surface area contributed by atoms with Crippen LogP contribution in [-0.2, 0) is 4.74 Å². The van der Waals surface area contributed by atoms with Gasteiger partial charge in [-0.2, -0.15) is 0 Å².